The van der Waals surface area contributed by atoms with Crippen molar-refractivity contribution in [2.45, 2.75) is 38.0 Å². The molecule has 1 aliphatic rings. The van der Waals surface area contributed by atoms with E-state index in [1.165, 1.54) is 30.5 Å². The third-order valence-electron chi connectivity index (χ3n) is 3.84. The summed E-state index contributed by atoms with van der Waals surface area (Å²) in [5.74, 6) is -1.19. The van der Waals surface area contributed by atoms with Crippen molar-refractivity contribution in [3.8, 4) is 0 Å². The van der Waals surface area contributed by atoms with Gasteiger partial charge in [0.25, 0.3) is 0 Å². The summed E-state index contributed by atoms with van der Waals surface area (Å²) in [6.07, 6.45) is 1.20. The van der Waals surface area contributed by atoms with Crippen molar-refractivity contribution in [3.63, 3.8) is 0 Å². The van der Waals surface area contributed by atoms with E-state index in [1.54, 1.807) is 27.7 Å². The summed E-state index contributed by atoms with van der Waals surface area (Å²) in [6.45, 7) is 6.31. The van der Waals surface area contributed by atoms with Gasteiger partial charge in [0.1, 0.15) is 5.82 Å². The second-order valence-electron chi connectivity index (χ2n) is 6.50. The molecule has 0 fully saturated rings. The van der Waals surface area contributed by atoms with Crippen molar-refractivity contribution in [1.82, 2.24) is 0 Å². The van der Waals surface area contributed by atoms with Crippen molar-refractivity contribution >= 4 is 15.6 Å². The minimum Gasteiger partial charge on any atom is -0.482 e. The molecule has 0 bridgehead atoms. The summed E-state index contributed by atoms with van der Waals surface area (Å²) in [7, 11) is -3.48. The van der Waals surface area contributed by atoms with Gasteiger partial charge in [-0.25, -0.2) is 12.8 Å². The van der Waals surface area contributed by atoms with Gasteiger partial charge in [-0.1, -0.05) is 12.1 Å². The van der Waals surface area contributed by atoms with E-state index in [2.05, 4.69) is 0 Å². The monoisotopic (exact) mass is 326 g/mol. The van der Waals surface area contributed by atoms with Gasteiger partial charge >= 0.3 is 0 Å². The molecular formula is C16H19FO4S. The van der Waals surface area contributed by atoms with Gasteiger partial charge in [-0.2, -0.15) is 0 Å². The summed E-state index contributed by atoms with van der Waals surface area (Å²) in [5.41, 5.74) is -0.712. The highest BCUT2D eigenvalue weighted by molar-refractivity contribution is 7.92. The first-order chi connectivity index (χ1) is 9.97. The largest absolute Gasteiger partial charge is 0.482 e. The van der Waals surface area contributed by atoms with Crippen LogP contribution in [0.2, 0.25) is 0 Å². The van der Waals surface area contributed by atoms with E-state index in [-0.39, 0.29) is 11.3 Å². The van der Waals surface area contributed by atoms with Gasteiger partial charge in [-0.05, 0) is 39.8 Å². The number of rotatable bonds is 3. The first kappa shape index (κ1) is 16.7. The Labute approximate surface area is 129 Å². The van der Waals surface area contributed by atoms with Gasteiger partial charge in [-0.15, -0.1) is 0 Å². The lowest BCUT2D eigenvalue weighted by Gasteiger charge is -2.23. The van der Waals surface area contributed by atoms with E-state index in [9.17, 15) is 17.6 Å². The Bertz CT molecular complexity index is 726. The predicted octanol–water partition coefficient (Wildman–Crippen LogP) is 2.74. The lowest BCUT2D eigenvalue weighted by Crippen LogP contribution is -2.35. The van der Waals surface area contributed by atoms with Crippen LogP contribution in [0, 0.1) is 5.82 Å². The maximum atomic E-state index is 13.0. The highest BCUT2D eigenvalue weighted by Gasteiger charge is 2.45. The molecule has 120 valence electrons. The summed E-state index contributed by atoms with van der Waals surface area (Å²) in [5, 5.41) is 0. The number of halogens is 1. The maximum absolute atomic E-state index is 13.0. The van der Waals surface area contributed by atoms with Crippen molar-refractivity contribution in [3.05, 3.63) is 47.5 Å². The number of sulfone groups is 1. The van der Waals surface area contributed by atoms with Crippen LogP contribution >= 0.6 is 0 Å². The van der Waals surface area contributed by atoms with E-state index in [0.29, 0.717) is 5.56 Å². The third kappa shape index (κ3) is 2.79. The number of carbonyl (C=O) groups is 1. The lowest BCUT2D eigenvalue weighted by molar-refractivity contribution is -0.129. The number of hydrogen-bond acceptors (Lipinski definition) is 4. The summed E-state index contributed by atoms with van der Waals surface area (Å²) in [6, 6.07) is 5.40. The summed E-state index contributed by atoms with van der Waals surface area (Å²) >= 11 is 0. The molecule has 6 heteroatoms. The number of ketones is 1. The second-order valence-corrected chi connectivity index (χ2v) is 9.24. The highest BCUT2D eigenvalue weighted by atomic mass is 32.2. The molecule has 1 unspecified atom stereocenters. The van der Waals surface area contributed by atoms with Crippen molar-refractivity contribution in [2.75, 3.05) is 5.75 Å². The van der Waals surface area contributed by atoms with E-state index < -0.39 is 31.8 Å². The standard InChI is InChI=1S/C16H19FO4S/c1-15(2,3)22(19,20)10-11-9-21-16(4,14(11)18)12-5-7-13(17)8-6-12/h5-9H,10H2,1-4H3. The van der Waals surface area contributed by atoms with Crippen LogP contribution in [0.4, 0.5) is 4.39 Å². The van der Waals surface area contributed by atoms with E-state index >= 15 is 0 Å². The molecule has 1 aromatic rings. The molecule has 0 radical (unpaired) electrons. The summed E-state index contributed by atoms with van der Waals surface area (Å²) < 4.78 is 42.0. The molecule has 0 saturated carbocycles. The fourth-order valence-electron chi connectivity index (χ4n) is 2.09. The van der Waals surface area contributed by atoms with E-state index in [1.807, 2.05) is 0 Å². The lowest BCUT2D eigenvalue weighted by atomic mass is 9.90. The van der Waals surface area contributed by atoms with E-state index in [4.69, 9.17) is 4.74 Å². The molecule has 1 heterocycles. The van der Waals surface area contributed by atoms with Crippen molar-refractivity contribution in [1.29, 1.82) is 0 Å². The number of Topliss-reactive ketones (excluding diaryl/α,β-unsaturated/α-hetero) is 1. The van der Waals surface area contributed by atoms with Gasteiger partial charge in [0.15, 0.2) is 15.4 Å². The fraction of sp³-hybridized carbons (Fsp3) is 0.438. The Morgan fingerprint density at radius 3 is 2.23 bits per heavy atom. The average molecular weight is 326 g/mol. The van der Waals surface area contributed by atoms with Crippen LogP contribution in [0.25, 0.3) is 0 Å². The molecule has 0 N–H and O–H groups in total. The van der Waals surface area contributed by atoms with Crippen LogP contribution in [0.3, 0.4) is 0 Å². The molecule has 0 spiro atoms. The Balaban J connectivity index is 2.28. The zero-order valence-corrected chi connectivity index (χ0v) is 13.8. The zero-order chi connectivity index (χ0) is 16.8. The minimum absolute atomic E-state index is 0.113. The van der Waals surface area contributed by atoms with Crippen LogP contribution in [-0.4, -0.2) is 24.7 Å². The Morgan fingerprint density at radius 1 is 1.18 bits per heavy atom. The van der Waals surface area contributed by atoms with Crippen LogP contribution in [0.5, 0.6) is 0 Å². The van der Waals surface area contributed by atoms with Gasteiger partial charge in [0.05, 0.1) is 16.8 Å². The number of benzene rings is 1. The number of ether oxygens (including phenoxy) is 1. The predicted molar refractivity (Wildman–Crippen MR) is 81.5 cm³/mol. The first-order valence-corrected chi connectivity index (χ1v) is 8.52. The molecule has 4 nitrogen and oxygen atoms in total. The molecule has 0 saturated heterocycles. The van der Waals surface area contributed by atoms with Crippen LogP contribution < -0.4 is 0 Å². The Kier molecular flexibility index (Phi) is 3.94. The maximum Gasteiger partial charge on any atom is 0.210 e. The molecular weight excluding hydrogens is 307 g/mol. The van der Waals surface area contributed by atoms with Crippen LogP contribution in [-0.2, 0) is 25.0 Å². The SMILES string of the molecule is CC1(c2ccc(F)cc2)OC=C(CS(=O)(=O)C(C)(C)C)C1=O. The molecule has 0 amide bonds. The Hall–Kier alpha value is -1.69. The minimum atomic E-state index is -3.48. The second kappa shape index (κ2) is 5.19. The highest BCUT2D eigenvalue weighted by Crippen LogP contribution is 2.36. The van der Waals surface area contributed by atoms with Crippen LogP contribution in [0.1, 0.15) is 33.3 Å². The molecule has 22 heavy (non-hydrogen) atoms. The summed E-state index contributed by atoms with van der Waals surface area (Å²) in [4.78, 5) is 12.6. The van der Waals surface area contributed by atoms with Gasteiger partial charge in [-0.3, -0.25) is 4.79 Å². The van der Waals surface area contributed by atoms with E-state index in [0.717, 1.165) is 0 Å². The van der Waals surface area contributed by atoms with Crippen molar-refractivity contribution < 1.29 is 22.3 Å². The van der Waals surface area contributed by atoms with Crippen molar-refractivity contribution in [2.24, 2.45) is 0 Å². The molecule has 1 aliphatic heterocycles. The van der Waals surface area contributed by atoms with Gasteiger partial charge in [0, 0.05) is 11.1 Å². The average Bonchev–Trinajstić information content (AvgIpc) is 2.67. The first-order valence-electron chi connectivity index (χ1n) is 6.87. The zero-order valence-electron chi connectivity index (χ0n) is 13.0. The fourth-order valence-corrected chi connectivity index (χ4v) is 3.13. The molecule has 1 atom stereocenters. The topological polar surface area (TPSA) is 60.4 Å². The normalized spacial score (nSPS) is 22.4. The third-order valence-corrected chi connectivity index (χ3v) is 6.39. The number of hydrogen-bond donors (Lipinski definition) is 0. The molecule has 2 rings (SSSR count). The van der Waals surface area contributed by atoms with Gasteiger partial charge < -0.3 is 4.74 Å². The molecule has 0 aromatic heterocycles. The molecule has 1 aromatic carbocycles. The van der Waals surface area contributed by atoms with Gasteiger partial charge in [0.2, 0.25) is 5.78 Å². The smallest absolute Gasteiger partial charge is 0.210 e. The number of carbonyl (C=O) groups excluding carboxylic acids is 1. The molecule has 0 aliphatic carbocycles. The van der Waals surface area contributed by atoms with Crippen LogP contribution in [0.15, 0.2) is 36.1 Å². The quantitative estimate of drug-likeness (QED) is 0.857. The Morgan fingerprint density at radius 2 is 1.73 bits per heavy atom.